The van der Waals surface area contributed by atoms with Gasteiger partial charge in [-0.15, -0.1) is 0 Å². The fraction of sp³-hybridized carbons (Fsp3) is 0. The zero-order valence-corrected chi connectivity index (χ0v) is 12.9. The van der Waals surface area contributed by atoms with Gasteiger partial charge in [0.25, 0.3) is 0 Å². The minimum atomic E-state index is 0.151. The van der Waals surface area contributed by atoms with Gasteiger partial charge in [-0.2, -0.15) is 0 Å². The predicted octanol–water partition coefficient (Wildman–Crippen LogP) is 5.38. The number of nitrogens with zero attached hydrogens (tertiary/aromatic N) is 1. The van der Waals surface area contributed by atoms with Crippen molar-refractivity contribution in [3.05, 3.63) is 84.9 Å². The first-order chi connectivity index (χ1) is 11.8. The molecule has 0 amide bonds. The van der Waals surface area contributed by atoms with Crippen LogP contribution in [0.2, 0.25) is 0 Å². The quantitative estimate of drug-likeness (QED) is 0.552. The number of phenols is 1. The van der Waals surface area contributed by atoms with E-state index < -0.39 is 0 Å². The van der Waals surface area contributed by atoms with Gasteiger partial charge in [-0.3, -0.25) is 0 Å². The lowest BCUT2D eigenvalue weighted by Crippen LogP contribution is -1.82. The summed E-state index contributed by atoms with van der Waals surface area (Å²) in [6.07, 6.45) is 0. The zero-order chi connectivity index (χ0) is 16.4. The molecule has 0 aliphatic rings. The van der Waals surface area contributed by atoms with Crippen LogP contribution in [0.25, 0.3) is 34.0 Å². The maximum atomic E-state index is 10.1. The minimum absolute atomic E-state index is 0.151. The smallest absolute Gasteiger partial charge is 0.231 e. The molecule has 0 fully saturated rings. The van der Waals surface area contributed by atoms with Gasteiger partial charge in [-0.1, -0.05) is 72.8 Å². The van der Waals surface area contributed by atoms with E-state index in [4.69, 9.17) is 4.42 Å². The van der Waals surface area contributed by atoms with Crippen molar-refractivity contribution in [2.45, 2.75) is 0 Å². The summed E-state index contributed by atoms with van der Waals surface area (Å²) in [5.74, 6) is 1.25. The van der Waals surface area contributed by atoms with Crippen molar-refractivity contribution >= 4 is 0 Å². The van der Waals surface area contributed by atoms with Gasteiger partial charge in [0, 0.05) is 11.1 Å². The van der Waals surface area contributed by atoms with Crippen LogP contribution in [0.5, 0.6) is 5.75 Å². The molecule has 3 aromatic carbocycles. The first-order valence-corrected chi connectivity index (χ1v) is 7.73. The molecule has 0 atom stereocenters. The second-order valence-corrected chi connectivity index (χ2v) is 5.45. The summed E-state index contributed by atoms with van der Waals surface area (Å²) in [5.41, 5.74) is 3.27. The highest BCUT2D eigenvalue weighted by atomic mass is 16.4. The van der Waals surface area contributed by atoms with Crippen LogP contribution in [0.1, 0.15) is 0 Å². The van der Waals surface area contributed by atoms with Gasteiger partial charge in [0.15, 0.2) is 5.76 Å². The molecule has 0 spiro atoms. The number of aromatic hydroxyl groups is 1. The second-order valence-electron chi connectivity index (χ2n) is 5.45. The Labute approximate surface area is 139 Å². The number of aromatic nitrogens is 1. The van der Waals surface area contributed by atoms with Crippen molar-refractivity contribution < 1.29 is 9.52 Å². The third-order valence-electron chi connectivity index (χ3n) is 3.84. The topological polar surface area (TPSA) is 46.3 Å². The molecule has 1 aromatic heterocycles. The van der Waals surface area contributed by atoms with Gasteiger partial charge < -0.3 is 9.52 Å². The SMILES string of the molecule is Oc1ccccc1-c1nc(-c2ccccc2)c(-c2ccccc2)o1. The van der Waals surface area contributed by atoms with Gasteiger partial charge in [0.1, 0.15) is 11.4 Å². The Kier molecular flexibility index (Phi) is 3.60. The van der Waals surface area contributed by atoms with E-state index in [9.17, 15) is 5.11 Å². The van der Waals surface area contributed by atoms with Gasteiger partial charge in [-0.05, 0) is 12.1 Å². The van der Waals surface area contributed by atoms with Crippen LogP contribution in [0.15, 0.2) is 89.3 Å². The Morgan fingerprint density at radius 1 is 0.667 bits per heavy atom. The Bertz CT molecular complexity index is 903. The molecule has 24 heavy (non-hydrogen) atoms. The highest BCUT2D eigenvalue weighted by molar-refractivity contribution is 5.79. The highest BCUT2D eigenvalue weighted by Crippen LogP contribution is 2.37. The van der Waals surface area contributed by atoms with E-state index in [1.807, 2.05) is 66.7 Å². The van der Waals surface area contributed by atoms with Crippen LogP contribution in [0, 0.1) is 0 Å². The standard InChI is InChI=1S/C21H15NO2/c23-18-14-8-7-13-17(18)21-22-19(15-9-3-1-4-10-15)20(24-21)16-11-5-2-6-12-16/h1-14,23H. The summed E-state index contributed by atoms with van der Waals surface area (Å²) in [5, 5.41) is 10.1. The van der Waals surface area contributed by atoms with Crippen LogP contribution < -0.4 is 0 Å². The Morgan fingerprint density at radius 3 is 1.92 bits per heavy atom. The molecular formula is C21H15NO2. The molecule has 0 aliphatic carbocycles. The predicted molar refractivity (Wildman–Crippen MR) is 94.5 cm³/mol. The summed E-state index contributed by atoms with van der Waals surface area (Å²) < 4.78 is 6.05. The molecule has 0 bridgehead atoms. The first-order valence-electron chi connectivity index (χ1n) is 7.73. The third kappa shape index (κ3) is 2.57. The molecule has 0 saturated carbocycles. The summed E-state index contributed by atoms with van der Waals surface area (Å²) in [6.45, 7) is 0. The van der Waals surface area contributed by atoms with Crippen molar-refractivity contribution in [1.82, 2.24) is 4.98 Å². The number of rotatable bonds is 3. The lowest BCUT2D eigenvalue weighted by Gasteiger charge is -2.00. The first kappa shape index (κ1) is 14.3. The normalized spacial score (nSPS) is 10.7. The fourth-order valence-corrected chi connectivity index (χ4v) is 2.67. The van der Waals surface area contributed by atoms with Crippen LogP contribution in [-0.2, 0) is 0 Å². The number of hydrogen-bond acceptors (Lipinski definition) is 3. The molecule has 1 heterocycles. The largest absolute Gasteiger partial charge is 0.507 e. The third-order valence-corrected chi connectivity index (χ3v) is 3.84. The molecule has 0 unspecified atom stereocenters. The van der Waals surface area contributed by atoms with Crippen molar-refractivity contribution in [1.29, 1.82) is 0 Å². The molecule has 4 rings (SSSR count). The van der Waals surface area contributed by atoms with E-state index in [0.29, 0.717) is 17.2 Å². The van der Waals surface area contributed by atoms with Crippen molar-refractivity contribution in [2.24, 2.45) is 0 Å². The molecular weight excluding hydrogens is 298 g/mol. The molecule has 3 nitrogen and oxygen atoms in total. The van der Waals surface area contributed by atoms with E-state index in [2.05, 4.69) is 4.98 Å². The van der Waals surface area contributed by atoms with E-state index >= 15 is 0 Å². The molecule has 4 aromatic rings. The van der Waals surface area contributed by atoms with Crippen LogP contribution in [0.3, 0.4) is 0 Å². The number of phenolic OH excluding ortho intramolecular Hbond substituents is 1. The summed E-state index contributed by atoms with van der Waals surface area (Å²) in [6, 6.07) is 26.8. The van der Waals surface area contributed by atoms with Crippen LogP contribution >= 0.6 is 0 Å². The number of oxazole rings is 1. The number of para-hydroxylation sites is 1. The van der Waals surface area contributed by atoms with Gasteiger partial charge in [0.2, 0.25) is 5.89 Å². The average Bonchev–Trinajstić information content (AvgIpc) is 3.09. The molecule has 116 valence electrons. The van der Waals surface area contributed by atoms with Gasteiger partial charge in [-0.25, -0.2) is 4.98 Å². The number of hydrogen-bond donors (Lipinski definition) is 1. The molecule has 1 N–H and O–H groups in total. The summed E-state index contributed by atoms with van der Waals surface area (Å²) in [7, 11) is 0. The second kappa shape index (κ2) is 6.05. The van der Waals surface area contributed by atoms with Crippen LogP contribution in [-0.4, -0.2) is 10.1 Å². The zero-order valence-electron chi connectivity index (χ0n) is 12.9. The lowest BCUT2D eigenvalue weighted by molar-refractivity contribution is 0.473. The summed E-state index contributed by atoms with van der Waals surface area (Å²) >= 11 is 0. The van der Waals surface area contributed by atoms with Crippen LogP contribution in [0.4, 0.5) is 0 Å². The molecule has 0 aliphatic heterocycles. The van der Waals surface area contributed by atoms with Gasteiger partial charge >= 0.3 is 0 Å². The summed E-state index contributed by atoms with van der Waals surface area (Å²) in [4.78, 5) is 4.66. The highest BCUT2D eigenvalue weighted by Gasteiger charge is 2.19. The Hall–Kier alpha value is -3.33. The molecule has 3 heteroatoms. The van der Waals surface area contributed by atoms with E-state index in [1.165, 1.54) is 0 Å². The Balaban J connectivity index is 1.94. The van der Waals surface area contributed by atoms with Crippen molar-refractivity contribution in [2.75, 3.05) is 0 Å². The van der Waals surface area contributed by atoms with Crippen molar-refractivity contribution in [3.8, 4) is 39.8 Å². The van der Waals surface area contributed by atoms with Crippen molar-refractivity contribution in [3.63, 3.8) is 0 Å². The monoisotopic (exact) mass is 313 g/mol. The van der Waals surface area contributed by atoms with Gasteiger partial charge in [0.05, 0.1) is 5.56 Å². The number of benzene rings is 3. The molecule has 0 radical (unpaired) electrons. The lowest BCUT2D eigenvalue weighted by atomic mass is 10.1. The van der Waals surface area contributed by atoms with E-state index in [1.54, 1.807) is 18.2 Å². The average molecular weight is 313 g/mol. The molecule has 0 saturated heterocycles. The van der Waals surface area contributed by atoms with E-state index in [-0.39, 0.29) is 5.75 Å². The minimum Gasteiger partial charge on any atom is -0.507 e. The maximum absolute atomic E-state index is 10.1. The fourth-order valence-electron chi connectivity index (χ4n) is 2.67. The maximum Gasteiger partial charge on any atom is 0.231 e. The Morgan fingerprint density at radius 2 is 1.25 bits per heavy atom. The van der Waals surface area contributed by atoms with E-state index in [0.717, 1.165) is 16.8 Å².